The molecule has 4 N–H and O–H groups in total. The molecule has 0 aliphatic carbocycles. The van der Waals surface area contributed by atoms with Crippen LogP contribution in [0.1, 0.15) is 63.7 Å². The van der Waals surface area contributed by atoms with Crippen molar-refractivity contribution in [1.82, 2.24) is 25.8 Å². The molecule has 254 valence electrons. The third-order valence-electron chi connectivity index (χ3n) is 9.33. The topological polar surface area (TPSA) is 140 Å². The molecule has 47 heavy (non-hydrogen) atoms. The van der Waals surface area contributed by atoms with E-state index in [-0.39, 0.29) is 13.1 Å². The fraction of sp³-hybridized carbons (Fsp3) is 0.529. The van der Waals surface area contributed by atoms with Gasteiger partial charge in [-0.1, -0.05) is 76.2 Å². The molecule has 3 aliphatic heterocycles. The molecule has 0 aromatic heterocycles. The molecule has 0 spiro atoms. The number of carbonyl (C=O) groups is 4. The molecule has 4 amide bonds. The Morgan fingerprint density at radius 3 is 2.36 bits per heavy atom. The Labute approximate surface area is 273 Å². The second kappa shape index (κ2) is 13.5. The van der Waals surface area contributed by atoms with Gasteiger partial charge in [-0.05, 0) is 17.0 Å². The molecular weight excluding hydrogens is 612 g/mol. The Morgan fingerprint density at radius 1 is 1.00 bits per heavy atom. The monoisotopic (exact) mass is 655 g/mol. The third kappa shape index (κ3) is 7.66. The number of carboxylic acid groups (broad SMARTS) is 1. The Balaban J connectivity index is 1.45. The molecule has 1 unspecified atom stereocenters. The quantitative estimate of drug-likeness (QED) is 0.340. The van der Waals surface area contributed by atoms with E-state index in [4.69, 9.17) is 4.74 Å². The average molecular weight is 656 g/mol. The van der Waals surface area contributed by atoms with Gasteiger partial charge in [0.25, 0.3) is 11.8 Å². The zero-order valence-electron chi connectivity index (χ0n) is 27.0. The van der Waals surface area contributed by atoms with E-state index in [1.165, 1.54) is 4.90 Å². The number of piperazine rings is 1. The van der Waals surface area contributed by atoms with Crippen molar-refractivity contribution in [2.24, 2.45) is 11.3 Å². The van der Waals surface area contributed by atoms with Crippen molar-refractivity contribution in [3.63, 3.8) is 0 Å². The fourth-order valence-corrected chi connectivity index (χ4v) is 7.01. The summed E-state index contributed by atoms with van der Waals surface area (Å²) in [5, 5.41) is 17.7. The molecule has 13 heteroatoms. The maximum Gasteiger partial charge on any atom is 0.404 e. The lowest BCUT2D eigenvalue weighted by atomic mass is 9.79. The minimum atomic E-state index is -2.97. The third-order valence-corrected chi connectivity index (χ3v) is 9.33. The van der Waals surface area contributed by atoms with Crippen LogP contribution in [0.15, 0.2) is 54.6 Å². The van der Waals surface area contributed by atoms with Gasteiger partial charge in [0.2, 0.25) is 11.8 Å². The van der Waals surface area contributed by atoms with E-state index in [9.17, 15) is 33.1 Å². The van der Waals surface area contributed by atoms with Crippen LogP contribution >= 0.6 is 0 Å². The van der Waals surface area contributed by atoms with E-state index < -0.39 is 84.2 Å². The van der Waals surface area contributed by atoms with Gasteiger partial charge in [0, 0.05) is 43.6 Å². The summed E-state index contributed by atoms with van der Waals surface area (Å²) in [4.78, 5) is 56.8. The van der Waals surface area contributed by atoms with Crippen molar-refractivity contribution in [1.29, 1.82) is 0 Å². The molecule has 6 atom stereocenters. The molecule has 3 heterocycles. The summed E-state index contributed by atoms with van der Waals surface area (Å²) in [5.74, 6) is -4.88. The Kier molecular flexibility index (Phi) is 9.76. The number of nitrogens with zero attached hydrogens (tertiary/aromatic N) is 2. The van der Waals surface area contributed by atoms with Gasteiger partial charge in [-0.3, -0.25) is 19.3 Å². The van der Waals surface area contributed by atoms with Crippen molar-refractivity contribution in [3.8, 4) is 5.75 Å². The number of carbonyl (C=O) groups excluding carboxylic acids is 3. The van der Waals surface area contributed by atoms with E-state index in [0.717, 1.165) is 5.56 Å². The van der Waals surface area contributed by atoms with Crippen molar-refractivity contribution in [3.05, 3.63) is 65.7 Å². The van der Waals surface area contributed by atoms with Gasteiger partial charge < -0.3 is 30.7 Å². The number of alkyl halides is 2. The van der Waals surface area contributed by atoms with Crippen LogP contribution in [-0.2, 0) is 14.4 Å². The van der Waals surface area contributed by atoms with Crippen LogP contribution in [-0.4, -0.2) is 89.0 Å². The lowest BCUT2D eigenvalue weighted by Gasteiger charge is -2.44. The second-order valence-electron chi connectivity index (χ2n) is 13.8. The summed E-state index contributed by atoms with van der Waals surface area (Å²) < 4.78 is 35.0. The molecular formula is C34H43F2N5O6. The first-order valence-electron chi connectivity index (χ1n) is 15.9. The van der Waals surface area contributed by atoms with Crippen molar-refractivity contribution < 1.29 is 37.8 Å². The van der Waals surface area contributed by atoms with Crippen LogP contribution in [0, 0.1) is 11.3 Å². The summed E-state index contributed by atoms with van der Waals surface area (Å²) >= 11 is 0. The highest BCUT2D eigenvalue weighted by Crippen LogP contribution is 2.37. The molecule has 5 rings (SSSR count). The molecule has 2 aromatic carbocycles. The number of fused-ring (bicyclic) bond motifs is 2. The van der Waals surface area contributed by atoms with Gasteiger partial charge in [-0.2, -0.15) is 0 Å². The number of nitrogens with one attached hydrogen (secondary N) is 3. The van der Waals surface area contributed by atoms with Crippen molar-refractivity contribution in [2.45, 2.75) is 76.7 Å². The SMILES string of the molecule is C[C@H](C(=O)N[C@H](C(=O)N1C[C@H]2CC(F)(F)CN2C[C@H]1C(=O)N[C@@H]1CCOc2ccccc21)c1ccccc1)C(NC(=O)O)C(C)(C)C. The predicted octanol–water partition coefficient (Wildman–Crippen LogP) is 3.72. The number of amides is 4. The summed E-state index contributed by atoms with van der Waals surface area (Å²) in [6.07, 6.45) is -1.24. The van der Waals surface area contributed by atoms with E-state index in [2.05, 4.69) is 16.0 Å². The van der Waals surface area contributed by atoms with Crippen LogP contribution in [0.25, 0.3) is 0 Å². The first kappa shape index (κ1) is 34.1. The molecule has 2 saturated heterocycles. The van der Waals surface area contributed by atoms with Crippen LogP contribution in [0.2, 0.25) is 0 Å². The second-order valence-corrected chi connectivity index (χ2v) is 13.8. The van der Waals surface area contributed by atoms with Crippen LogP contribution in [0.4, 0.5) is 13.6 Å². The van der Waals surface area contributed by atoms with Gasteiger partial charge in [0.05, 0.1) is 25.1 Å². The highest BCUT2D eigenvalue weighted by molar-refractivity contribution is 5.94. The number of ether oxygens (including phenoxy) is 1. The summed E-state index contributed by atoms with van der Waals surface area (Å²) in [7, 11) is 0. The molecule has 3 aliphatic rings. The molecule has 0 saturated carbocycles. The largest absolute Gasteiger partial charge is 0.493 e. The summed E-state index contributed by atoms with van der Waals surface area (Å²) in [6.45, 7) is 6.62. The molecule has 2 fully saturated rings. The standard InChI is InChI=1S/C34H43F2N5O6/c1-20(28(33(2,3)4)39-32(45)46)29(42)38-27(21-10-6-5-7-11-21)31(44)41-17-22-16-34(35,36)19-40(22)18-25(41)30(43)37-24-14-15-47-26-13-9-8-12-23(24)26/h5-13,20,22,24-25,27-28,39H,14-19H2,1-4H3,(H,37,43)(H,38,42)(H,45,46)/t20-,22+,24+,25-,27-,28?/m0/s1. The molecule has 0 radical (unpaired) electrons. The normalized spacial score (nSPS) is 24.0. The fourth-order valence-electron chi connectivity index (χ4n) is 7.01. The predicted molar refractivity (Wildman–Crippen MR) is 169 cm³/mol. The smallest absolute Gasteiger partial charge is 0.404 e. The number of benzene rings is 2. The van der Waals surface area contributed by atoms with E-state index >= 15 is 0 Å². The molecule has 2 aromatic rings. The Bertz CT molecular complexity index is 1480. The van der Waals surface area contributed by atoms with Gasteiger partial charge in [0.15, 0.2) is 0 Å². The minimum Gasteiger partial charge on any atom is -0.493 e. The minimum absolute atomic E-state index is 0.0941. The molecule has 0 bridgehead atoms. The number of halogens is 2. The number of para-hydroxylation sites is 1. The summed E-state index contributed by atoms with van der Waals surface area (Å²) in [6, 6.07) is 11.6. The van der Waals surface area contributed by atoms with Crippen molar-refractivity contribution in [2.75, 3.05) is 26.2 Å². The van der Waals surface area contributed by atoms with Gasteiger partial charge >= 0.3 is 6.09 Å². The number of rotatable bonds is 8. The van der Waals surface area contributed by atoms with Gasteiger partial charge in [0.1, 0.15) is 17.8 Å². The zero-order valence-corrected chi connectivity index (χ0v) is 27.0. The number of hydrogen-bond donors (Lipinski definition) is 4. The maximum absolute atomic E-state index is 14.6. The lowest BCUT2D eigenvalue weighted by Crippen LogP contribution is -2.64. The molecule has 11 nitrogen and oxygen atoms in total. The van der Waals surface area contributed by atoms with Crippen LogP contribution < -0.4 is 20.7 Å². The van der Waals surface area contributed by atoms with Crippen LogP contribution in [0.5, 0.6) is 5.75 Å². The van der Waals surface area contributed by atoms with E-state index in [1.807, 2.05) is 24.3 Å². The highest BCUT2D eigenvalue weighted by atomic mass is 19.3. The average Bonchev–Trinajstić information content (AvgIpc) is 3.33. The Hall–Kier alpha value is -4.26. The van der Waals surface area contributed by atoms with Gasteiger partial charge in [-0.15, -0.1) is 0 Å². The first-order chi connectivity index (χ1) is 22.1. The van der Waals surface area contributed by atoms with Crippen molar-refractivity contribution >= 4 is 23.8 Å². The summed E-state index contributed by atoms with van der Waals surface area (Å²) in [5.41, 5.74) is 0.587. The maximum atomic E-state index is 14.6. The van der Waals surface area contributed by atoms with E-state index in [1.54, 1.807) is 62.9 Å². The van der Waals surface area contributed by atoms with E-state index in [0.29, 0.717) is 24.3 Å². The number of hydrogen-bond acceptors (Lipinski definition) is 6. The highest BCUT2D eigenvalue weighted by Gasteiger charge is 2.52. The zero-order chi connectivity index (χ0) is 34.1. The Morgan fingerprint density at radius 2 is 1.68 bits per heavy atom. The van der Waals surface area contributed by atoms with Gasteiger partial charge in [-0.25, -0.2) is 13.6 Å². The first-order valence-corrected chi connectivity index (χ1v) is 15.9. The van der Waals surface area contributed by atoms with Crippen LogP contribution in [0.3, 0.4) is 0 Å². The lowest BCUT2D eigenvalue weighted by molar-refractivity contribution is -0.148.